The molecule has 2 N–H and O–H groups in total. The quantitative estimate of drug-likeness (QED) is 0.522. The van der Waals surface area contributed by atoms with Crippen LogP contribution < -0.4 is 5.32 Å². The van der Waals surface area contributed by atoms with E-state index in [0.29, 0.717) is 48.3 Å². The predicted molar refractivity (Wildman–Crippen MR) is 148 cm³/mol. The number of hydrogen-bond acceptors (Lipinski definition) is 7. The number of aromatic nitrogens is 1. The molecule has 4 heterocycles. The van der Waals surface area contributed by atoms with Crippen molar-refractivity contribution in [2.45, 2.75) is 90.7 Å². The Balaban J connectivity index is 1.46. The lowest BCUT2D eigenvalue weighted by Crippen LogP contribution is -2.47. The summed E-state index contributed by atoms with van der Waals surface area (Å²) in [5.41, 5.74) is 5.33. The van der Waals surface area contributed by atoms with E-state index in [2.05, 4.69) is 10.2 Å². The number of fused-ring (bicyclic) bond motifs is 4. The highest BCUT2D eigenvalue weighted by Gasteiger charge is 2.47. The minimum Gasteiger partial charge on any atom is -0.459 e. The Morgan fingerprint density at radius 2 is 2.10 bits per heavy atom. The minimum atomic E-state index is -1.71. The molecule has 0 radical (unpaired) electrons. The molecule has 1 amide bonds. The van der Waals surface area contributed by atoms with E-state index in [0.717, 1.165) is 33.3 Å². The van der Waals surface area contributed by atoms with E-state index in [1.54, 1.807) is 13.8 Å². The van der Waals surface area contributed by atoms with Crippen LogP contribution in [0.1, 0.15) is 80.9 Å². The van der Waals surface area contributed by atoms with Gasteiger partial charge in [0.1, 0.15) is 12.4 Å². The van der Waals surface area contributed by atoms with Crippen LogP contribution >= 0.6 is 0 Å². The Kier molecular flexibility index (Phi) is 6.50. The average Bonchev–Trinajstić information content (AvgIpc) is 3.25. The fraction of sp³-hybridized carbons (Fsp3) is 0.516. The number of esters is 1. The van der Waals surface area contributed by atoms with Crippen molar-refractivity contribution in [3.63, 3.8) is 0 Å². The average molecular weight is 550 g/mol. The van der Waals surface area contributed by atoms with Crippen LogP contribution in [0.4, 0.5) is 4.39 Å². The van der Waals surface area contributed by atoms with Crippen molar-refractivity contribution >= 4 is 28.5 Å². The van der Waals surface area contributed by atoms with Gasteiger partial charge < -0.3 is 24.8 Å². The summed E-state index contributed by atoms with van der Waals surface area (Å²) in [5.74, 6) is -1.02. The molecule has 6 rings (SSSR count). The SMILES string of the molecule is CC[C@@]1(O)C(=O)OCC2=C1C=C1c3nc4cc(F)c(C)c5c4c(c3CN1C2)[C@@H](NC(=O)C[C@@H](C)OC(C)C)CC5. The van der Waals surface area contributed by atoms with Gasteiger partial charge in [0.2, 0.25) is 5.91 Å². The number of halogens is 1. The van der Waals surface area contributed by atoms with Crippen molar-refractivity contribution in [1.29, 1.82) is 0 Å². The third kappa shape index (κ3) is 4.13. The van der Waals surface area contributed by atoms with E-state index in [-0.39, 0.29) is 49.4 Å². The number of hydrogen-bond donors (Lipinski definition) is 2. The first kappa shape index (κ1) is 26.9. The molecule has 1 aromatic heterocycles. The Hall–Kier alpha value is -3.30. The number of pyridine rings is 1. The number of aryl methyl sites for hydroxylation is 1. The minimum absolute atomic E-state index is 0.0292. The van der Waals surface area contributed by atoms with Crippen LogP contribution in [0.2, 0.25) is 0 Å². The van der Waals surface area contributed by atoms with Gasteiger partial charge in [0.15, 0.2) is 5.60 Å². The molecule has 40 heavy (non-hydrogen) atoms. The van der Waals surface area contributed by atoms with Crippen molar-refractivity contribution < 1.29 is 28.6 Å². The summed E-state index contributed by atoms with van der Waals surface area (Å²) in [6.07, 6.45) is 3.40. The van der Waals surface area contributed by atoms with Crippen LogP contribution in [0, 0.1) is 12.7 Å². The molecule has 0 fully saturated rings. The molecule has 3 aliphatic heterocycles. The zero-order valence-electron chi connectivity index (χ0n) is 23.7. The summed E-state index contributed by atoms with van der Waals surface area (Å²) in [5, 5.41) is 15.4. The van der Waals surface area contributed by atoms with E-state index in [4.69, 9.17) is 14.5 Å². The lowest BCUT2D eigenvalue weighted by atomic mass is 9.81. The second-order valence-corrected chi connectivity index (χ2v) is 11.8. The van der Waals surface area contributed by atoms with Crippen LogP contribution in [0.3, 0.4) is 0 Å². The molecule has 212 valence electrons. The van der Waals surface area contributed by atoms with Crippen LogP contribution in [0.15, 0.2) is 23.3 Å². The fourth-order valence-corrected chi connectivity index (χ4v) is 6.85. The lowest BCUT2D eigenvalue weighted by molar-refractivity contribution is -0.163. The first-order valence-electron chi connectivity index (χ1n) is 14.2. The summed E-state index contributed by atoms with van der Waals surface area (Å²) >= 11 is 0. The number of aliphatic hydroxyl groups is 1. The zero-order valence-corrected chi connectivity index (χ0v) is 23.7. The molecule has 1 aliphatic carbocycles. The molecule has 2 aromatic rings. The fourth-order valence-electron chi connectivity index (χ4n) is 6.85. The third-order valence-corrected chi connectivity index (χ3v) is 8.74. The summed E-state index contributed by atoms with van der Waals surface area (Å²) < 4.78 is 26.2. The molecule has 8 nitrogen and oxygen atoms in total. The molecule has 0 saturated heterocycles. The van der Waals surface area contributed by atoms with Gasteiger partial charge in [-0.25, -0.2) is 14.2 Å². The third-order valence-electron chi connectivity index (χ3n) is 8.74. The number of benzene rings is 1. The van der Waals surface area contributed by atoms with Gasteiger partial charge in [0, 0.05) is 35.7 Å². The van der Waals surface area contributed by atoms with Gasteiger partial charge in [0.25, 0.3) is 0 Å². The van der Waals surface area contributed by atoms with Crippen LogP contribution in [0.25, 0.3) is 16.6 Å². The highest BCUT2D eigenvalue weighted by atomic mass is 19.1. The van der Waals surface area contributed by atoms with Crippen LogP contribution in [0.5, 0.6) is 0 Å². The maximum absolute atomic E-state index is 15.1. The maximum Gasteiger partial charge on any atom is 0.343 e. The Bertz CT molecular complexity index is 1510. The number of ether oxygens (including phenoxy) is 2. The number of amides is 1. The van der Waals surface area contributed by atoms with Gasteiger partial charge in [-0.15, -0.1) is 0 Å². The van der Waals surface area contributed by atoms with Crippen LogP contribution in [-0.4, -0.2) is 57.8 Å². The largest absolute Gasteiger partial charge is 0.459 e. The second-order valence-electron chi connectivity index (χ2n) is 11.8. The number of rotatable bonds is 6. The number of nitrogens with one attached hydrogen (secondary N) is 1. The summed E-state index contributed by atoms with van der Waals surface area (Å²) in [6, 6.07) is 1.23. The molecule has 0 unspecified atom stereocenters. The van der Waals surface area contributed by atoms with Crippen LogP contribution in [-0.2, 0) is 32.0 Å². The molecule has 0 spiro atoms. The van der Waals surface area contributed by atoms with Crippen molar-refractivity contribution in [3.8, 4) is 0 Å². The number of cyclic esters (lactones) is 1. The number of carbonyl (C=O) groups excluding carboxylic acids is 2. The van der Waals surface area contributed by atoms with Gasteiger partial charge in [-0.3, -0.25) is 4.79 Å². The van der Waals surface area contributed by atoms with Crippen molar-refractivity contribution in [1.82, 2.24) is 15.2 Å². The zero-order chi connectivity index (χ0) is 28.5. The molecule has 9 heteroatoms. The summed E-state index contributed by atoms with van der Waals surface area (Å²) in [7, 11) is 0. The Labute approximate surface area is 233 Å². The van der Waals surface area contributed by atoms with Crippen molar-refractivity contribution in [3.05, 3.63) is 57.1 Å². The molecule has 1 aromatic carbocycles. The number of carbonyl (C=O) groups is 2. The standard InChI is InChI=1S/C31H36FN3O5/c1-6-31(38)21-10-25-29-20(13-35(25)12-18(21)14-39-30(31)37)28-23(33-26(36)9-16(4)40-15(2)3)8-7-19-17(5)22(32)11-24(34-29)27(19)28/h10-11,15-16,23,38H,6-9,12-14H2,1-5H3,(H,33,36)/t16-,23+,31+/m1/s1. The van der Waals surface area contributed by atoms with Gasteiger partial charge in [-0.05, 0) is 75.3 Å². The van der Waals surface area contributed by atoms with Gasteiger partial charge >= 0.3 is 5.97 Å². The van der Waals surface area contributed by atoms with Gasteiger partial charge in [-0.1, -0.05) is 6.92 Å². The first-order valence-corrected chi connectivity index (χ1v) is 14.2. The van der Waals surface area contributed by atoms with E-state index in [1.165, 1.54) is 6.07 Å². The van der Waals surface area contributed by atoms with Gasteiger partial charge in [-0.2, -0.15) is 0 Å². The molecular weight excluding hydrogens is 513 g/mol. The Morgan fingerprint density at radius 1 is 1.32 bits per heavy atom. The van der Waals surface area contributed by atoms with E-state index < -0.39 is 11.6 Å². The summed E-state index contributed by atoms with van der Waals surface area (Å²) in [6.45, 7) is 10.5. The van der Waals surface area contributed by atoms with E-state index in [9.17, 15) is 14.7 Å². The van der Waals surface area contributed by atoms with E-state index in [1.807, 2.05) is 26.8 Å². The molecule has 4 aliphatic rings. The molecule has 3 atom stereocenters. The maximum atomic E-state index is 15.1. The van der Waals surface area contributed by atoms with Gasteiger partial charge in [0.05, 0.1) is 41.6 Å². The molecular formula is C31H36FN3O5. The Morgan fingerprint density at radius 3 is 2.83 bits per heavy atom. The van der Waals surface area contributed by atoms with Crippen molar-refractivity contribution in [2.24, 2.45) is 0 Å². The topological polar surface area (TPSA) is 101 Å². The highest BCUT2D eigenvalue weighted by molar-refractivity contribution is 5.94. The monoisotopic (exact) mass is 549 g/mol. The van der Waals surface area contributed by atoms with E-state index >= 15 is 4.39 Å². The lowest BCUT2D eigenvalue weighted by Gasteiger charge is -2.37. The normalized spacial score (nSPS) is 24.0. The predicted octanol–water partition coefficient (Wildman–Crippen LogP) is 4.15. The molecule has 0 saturated carbocycles. The highest BCUT2D eigenvalue weighted by Crippen LogP contribution is 2.48. The molecule has 0 bridgehead atoms. The smallest absolute Gasteiger partial charge is 0.343 e. The van der Waals surface area contributed by atoms with Crippen molar-refractivity contribution in [2.75, 3.05) is 13.2 Å². The second kappa shape index (κ2) is 9.66. The number of nitrogens with zero attached hydrogens (tertiary/aromatic N) is 2. The first-order chi connectivity index (χ1) is 19.0. The summed E-state index contributed by atoms with van der Waals surface area (Å²) in [4.78, 5) is 32.8.